The number of aryl methyl sites for hydroxylation is 1. The Hall–Kier alpha value is -2.40. The fourth-order valence-corrected chi connectivity index (χ4v) is 3.25. The highest BCUT2D eigenvalue weighted by Crippen LogP contribution is 2.43. The predicted molar refractivity (Wildman–Crippen MR) is 101 cm³/mol. The lowest BCUT2D eigenvalue weighted by Gasteiger charge is -2.08. The number of hydrogen-bond acceptors (Lipinski definition) is 3. The number of halogens is 1. The van der Waals surface area contributed by atoms with E-state index in [9.17, 15) is 4.79 Å². The van der Waals surface area contributed by atoms with Gasteiger partial charge in [-0.15, -0.1) is 0 Å². The Morgan fingerprint density at radius 1 is 1.20 bits per heavy atom. The molecule has 1 amide bonds. The zero-order chi connectivity index (χ0) is 17.4. The number of carbonyl (C=O) groups excluding carboxylic acids is 1. The maximum absolute atomic E-state index is 12.8. The van der Waals surface area contributed by atoms with E-state index in [1.165, 1.54) is 0 Å². The summed E-state index contributed by atoms with van der Waals surface area (Å²) in [5, 5.41) is 2.96. The van der Waals surface area contributed by atoms with Gasteiger partial charge in [0, 0.05) is 21.6 Å². The molecule has 1 fully saturated rings. The molecule has 1 heterocycles. The van der Waals surface area contributed by atoms with Crippen molar-refractivity contribution in [2.45, 2.75) is 25.7 Å². The molecule has 4 rings (SSSR count). The summed E-state index contributed by atoms with van der Waals surface area (Å²) in [5.41, 5.74) is 3.04. The fourth-order valence-electron chi connectivity index (χ4n) is 2.77. The number of oxazole rings is 1. The summed E-state index contributed by atoms with van der Waals surface area (Å²) in [6.45, 7) is 1.96. The van der Waals surface area contributed by atoms with Crippen LogP contribution in [0.1, 0.15) is 40.6 Å². The molecule has 0 aliphatic heterocycles. The SMILES string of the molecule is Cc1cc(Br)ccc1NC(=O)c1nc(-c2ccccc2)oc1C1CC1. The first-order chi connectivity index (χ1) is 12.1. The summed E-state index contributed by atoms with van der Waals surface area (Å²) in [4.78, 5) is 17.3. The van der Waals surface area contributed by atoms with Crippen LogP contribution in [0.4, 0.5) is 5.69 Å². The third-order valence-electron chi connectivity index (χ3n) is 4.27. The van der Waals surface area contributed by atoms with Crippen molar-refractivity contribution in [1.82, 2.24) is 4.98 Å². The van der Waals surface area contributed by atoms with Crippen molar-refractivity contribution in [3.8, 4) is 11.5 Å². The zero-order valence-corrected chi connectivity index (χ0v) is 15.3. The van der Waals surface area contributed by atoms with Gasteiger partial charge in [0.1, 0.15) is 5.76 Å². The number of aromatic nitrogens is 1. The summed E-state index contributed by atoms with van der Waals surface area (Å²) >= 11 is 3.44. The lowest BCUT2D eigenvalue weighted by molar-refractivity contribution is 0.102. The summed E-state index contributed by atoms with van der Waals surface area (Å²) in [6.07, 6.45) is 2.09. The highest BCUT2D eigenvalue weighted by molar-refractivity contribution is 9.10. The standard InChI is InChI=1S/C20H17BrN2O2/c1-12-11-15(21)9-10-16(12)22-19(24)17-18(13-7-8-13)25-20(23-17)14-5-3-2-4-6-14/h2-6,9-11,13H,7-8H2,1H3,(H,22,24). The van der Waals surface area contributed by atoms with Gasteiger partial charge in [0.15, 0.2) is 5.69 Å². The quantitative estimate of drug-likeness (QED) is 0.629. The van der Waals surface area contributed by atoms with Crippen LogP contribution in [0.25, 0.3) is 11.5 Å². The Kier molecular flexibility index (Phi) is 4.17. The summed E-state index contributed by atoms with van der Waals surface area (Å²) in [5.74, 6) is 1.28. The van der Waals surface area contributed by atoms with Crippen molar-refractivity contribution < 1.29 is 9.21 Å². The molecule has 0 radical (unpaired) electrons. The van der Waals surface area contributed by atoms with Crippen molar-refractivity contribution in [2.24, 2.45) is 0 Å². The molecule has 0 unspecified atom stereocenters. The molecule has 0 saturated heterocycles. The smallest absolute Gasteiger partial charge is 0.277 e. The third kappa shape index (κ3) is 3.37. The molecule has 0 bridgehead atoms. The largest absolute Gasteiger partial charge is 0.440 e. The Morgan fingerprint density at radius 3 is 2.64 bits per heavy atom. The third-order valence-corrected chi connectivity index (χ3v) is 4.77. The van der Waals surface area contributed by atoms with Gasteiger partial charge in [0.2, 0.25) is 5.89 Å². The van der Waals surface area contributed by atoms with Gasteiger partial charge in [0.25, 0.3) is 5.91 Å². The molecule has 1 N–H and O–H groups in total. The van der Waals surface area contributed by atoms with Crippen LogP contribution in [0, 0.1) is 6.92 Å². The lowest BCUT2D eigenvalue weighted by Crippen LogP contribution is -2.15. The first kappa shape index (κ1) is 16.1. The monoisotopic (exact) mass is 396 g/mol. The van der Waals surface area contributed by atoms with Gasteiger partial charge in [-0.2, -0.15) is 0 Å². The van der Waals surface area contributed by atoms with Crippen LogP contribution in [0.2, 0.25) is 0 Å². The highest BCUT2D eigenvalue weighted by Gasteiger charge is 2.34. The number of hydrogen-bond donors (Lipinski definition) is 1. The Morgan fingerprint density at radius 2 is 1.96 bits per heavy atom. The van der Waals surface area contributed by atoms with E-state index in [1.807, 2.05) is 55.5 Å². The minimum absolute atomic E-state index is 0.224. The molecule has 2 aromatic carbocycles. The van der Waals surface area contributed by atoms with Crippen LogP contribution >= 0.6 is 15.9 Å². The van der Waals surface area contributed by atoms with E-state index in [0.29, 0.717) is 23.3 Å². The maximum Gasteiger partial charge on any atom is 0.277 e. The molecule has 1 aliphatic carbocycles. The van der Waals surface area contributed by atoms with Gasteiger partial charge in [-0.1, -0.05) is 34.1 Å². The highest BCUT2D eigenvalue weighted by atomic mass is 79.9. The van der Waals surface area contributed by atoms with Crippen molar-refractivity contribution in [3.63, 3.8) is 0 Å². The van der Waals surface area contributed by atoms with Crippen LogP contribution < -0.4 is 5.32 Å². The second kappa shape index (κ2) is 6.48. The maximum atomic E-state index is 12.8. The average Bonchev–Trinajstić information content (AvgIpc) is 3.36. The molecule has 25 heavy (non-hydrogen) atoms. The minimum Gasteiger partial charge on any atom is -0.440 e. The zero-order valence-electron chi connectivity index (χ0n) is 13.8. The van der Waals surface area contributed by atoms with Crippen molar-refractivity contribution in [2.75, 3.05) is 5.32 Å². The van der Waals surface area contributed by atoms with E-state index in [0.717, 1.165) is 34.1 Å². The lowest BCUT2D eigenvalue weighted by atomic mass is 10.2. The van der Waals surface area contributed by atoms with Crippen molar-refractivity contribution in [1.29, 1.82) is 0 Å². The molecular weight excluding hydrogens is 380 g/mol. The average molecular weight is 397 g/mol. The molecule has 1 aliphatic rings. The van der Waals surface area contributed by atoms with Crippen molar-refractivity contribution >= 4 is 27.5 Å². The summed E-state index contributed by atoms with van der Waals surface area (Å²) in [6, 6.07) is 15.4. The van der Waals surface area contributed by atoms with Crippen LogP contribution in [0.15, 0.2) is 57.4 Å². The molecular formula is C20H17BrN2O2. The van der Waals surface area contributed by atoms with Gasteiger partial charge >= 0.3 is 0 Å². The van der Waals surface area contributed by atoms with E-state index >= 15 is 0 Å². The van der Waals surface area contributed by atoms with Gasteiger partial charge in [0.05, 0.1) is 0 Å². The van der Waals surface area contributed by atoms with Gasteiger partial charge in [-0.05, 0) is 55.7 Å². The Bertz CT molecular complexity index is 930. The molecule has 126 valence electrons. The van der Waals surface area contributed by atoms with Gasteiger partial charge < -0.3 is 9.73 Å². The number of amides is 1. The number of benzene rings is 2. The first-order valence-corrected chi connectivity index (χ1v) is 9.05. The predicted octanol–water partition coefficient (Wildman–Crippen LogP) is 5.54. The van der Waals surface area contributed by atoms with E-state index in [1.54, 1.807) is 0 Å². The van der Waals surface area contributed by atoms with Crippen molar-refractivity contribution in [3.05, 3.63) is 70.0 Å². The molecule has 1 aromatic heterocycles. The topological polar surface area (TPSA) is 55.1 Å². The minimum atomic E-state index is -0.224. The molecule has 0 atom stereocenters. The number of rotatable bonds is 4. The van der Waals surface area contributed by atoms with Gasteiger partial charge in [-0.25, -0.2) is 4.98 Å². The number of nitrogens with zero attached hydrogens (tertiary/aromatic N) is 1. The second-order valence-corrected chi connectivity index (χ2v) is 7.20. The van der Waals surface area contributed by atoms with E-state index < -0.39 is 0 Å². The van der Waals surface area contributed by atoms with Crippen LogP contribution in [-0.2, 0) is 0 Å². The molecule has 5 heteroatoms. The van der Waals surface area contributed by atoms with Crippen LogP contribution in [-0.4, -0.2) is 10.9 Å². The second-order valence-electron chi connectivity index (χ2n) is 6.29. The van der Waals surface area contributed by atoms with Crippen LogP contribution in [0.5, 0.6) is 0 Å². The summed E-state index contributed by atoms with van der Waals surface area (Å²) < 4.78 is 6.93. The number of carbonyl (C=O) groups is 1. The number of nitrogens with one attached hydrogen (secondary N) is 1. The Balaban J connectivity index is 1.66. The molecule has 1 saturated carbocycles. The van der Waals surface area contributed by atoms with E-state index in [-0.39, 0.29) is 5.91 Å². The molecule has 4 nitrogen and oxygen atoms in total. The number of anilines is 1. The molecule has 3 aromatic rings. The normalized spacial score (nSPS) is 13.7. The van der Waals surface area contributed by atoms with Crippen LogP contribution in [0.3, 0.4) is 0 Å². The Labute approximate surface area is 154 Å². The summed E-state index contributed by atoms with van der Waals surface area (Å²) in [7, 11) is 0. The molecule has 0 spiro atoms. The first-order valence-electron chi connectivity index (χ1n) is 8.25. The fraction of sp³-hybridized carbons (Fsp3) is 0.200. The van der Waals surface area contributed by atoms with E-state index in [2.05, 4.69) is 26.2 Å². The van der Waals surface area contributed by atoms with E-state index in [4.69, 9.17) is 4.42 Å². The van der Waals surface area contributed by atoms with Gasteiger partial charge in [-0.3, -0.25) is 4.79 Å².